The SMILES string of the molecule is NS(=O)(=O)c1c[nH]c2c([N+](=O)[O-])cccc12. The first kappa shape index (κ1) is 10.6. The molecule has 84 valence electrons. The van der Waals surface area contributed by atoms with Gasteiger partial charge in [-0.1, -0.05) is 12.1 Å². The van der Waals surface area contributed by atoms with Crippen LogP contribution in [0.2, 0.25) is 0 Å². The maximum atomic E-state index is 11.2. The van der Waals surface area contributed by atoms with Crippen molar-refractivity contribution in [1.82, 2.24) is 4.98 Å². The largest absolute Gasteiger partial charge is 0.354 e. The van der Waals surface area contributed by atoms with Gasteiger partial charge in [0.1, 0.15) is 10.4 Å². The van der Waals surface area contributed by atoms with Gasteiger partial charge in [-0.05, 0) is 0 Å². The summed E-state index contributed by atoms with van der Waals surface area (Å²) in [6.07, 6.45) is 1.15. The summed E-state index contributed by atoms with van der Waals surface area (Å²) in [6.45, 7) is 0. The zero-order valence-electron chi connectivity index (χ0n) is 7.88. The van der Waals surface area contributed by atoms with E-state index >= 15 is 0 Å². The molecule has 0 atom stereocenters. The Morgan fingerprint density at radius 3 is 2.62 bits per heavy atom. The van der Waals surface area contributed by atoms with Crippen LogP contribution < -0.4 is 5.14 Å². The minimum atomic E-state index is -3.88. The predicted octanol–water partition coefficient (Wildman–Crippen LogP) is 0.724. The lowest BCUT2D eigenvalue weighted by atomic mass is 10.2. The Morgan fingerprint density at radius 2 is 2.06 bits per heavy atom. The highest BCUT2D eigenvalue weighted by Gasteiger charge is 2.19. The van der Waals surface area contributed by atoms with Crippen LogP contribution in [0.3, 0.4) is 0 Å². The van der Waals surface area contributed by atoms with E-state index in [1.807, 2.05) is 0 Å². The van der Waals surface area contributed by atoms with Crippen molar-refractivity contribution < 1.29 is 13.3 Å². The van der Waals surface area contributed by atoms with Crippen molar-refractivity contribution in [3.05, 3.63) is 34.5 Å². The Morgan fingerprint density at radius 1 is 1.38 bits per heavy atom. The quantitative estimate of drug-likeness (QED) is 0.594. The minimum Gasteiger partial charge on any atom is -0.354 e. The van der Waals surface area contributed by atoms with Gasteiger partial charge in [-0.25, -0.2) is 13.6 Å². The molecule has 0 fully saturated rings. The van der Waals surface area contributed by atoms with Gasteiger partial charge in [-0.15, -0.1) is 0 Å². The summed E-state index contributed by atoms with van der Waals surface area (Å²) in [4.78, 5) is 12.5. The Kier molecular flexibility index (Phi) is 2.17. The normalized spacial score (nSPS) is 11.8. The molecule has 0 bridgehead atoms. The molecule has 0 saturated carbocycles. The monoisotopic (exact) mass is 241 g/mol. The lowest BCUT2D eigenvalue weighted by Crippen LogP contribution is -2.11. The second-order valence-electron chi connectivity index (χ2n) is 3.15. The van der Waals surface area contributed by atoms with Gasteiger partial charge in [0.15, 0.2) is 0 Å². The standard InChI is InChI=1S/C8H7N3O4S/c9-16(14,15)7-4-10-8-5(7)2-1-3-6(8)11(12)13/h1-4,10H,(H2,9,14,15). The van der Waals surface area contributed by atoms with Gasteiger partial charge < -0.3 is 4.98 Å². The number of rotatable bonds is 2. The molecule has 0 saturated heterocycles. The Labute approximate surface area is 90.1 Å². The number of nitrogens with one attached hydrogen (secondary N) is 1. The number of aromatic nitrogens is 1. The molecule has 16 heavy (non-hydrogen) atoms. The molecule has 7 nitrogen and oxygen atoms in total. The van der Waals surface area contributed by atoms with E-state index in [0.717, 1.165) is 6.20 Å². The fourth-order valence-corrected chi connectivity index (χ4v) is 2.20. The van der Waals surface area contributed by atoms with E-state index in [4.69, 9.17) is 5.14 Å². The molecule has 1 aromatic carbocycles. The maximum absolute atomic E-state index is 11.2. The summed E-state index contributed by atoms with van der Waals surface area (Å²) >= 11 is 0. The number of benzene rings is 1. The van der Waals surface area contributed by atoms with Gasteiger partial charge in [-0.3, -0.25) is 10.1 Å². The maximum Gasteiger partial charge on any atom is 0.293 e. The number of nitrogens with zero attached hydrogens (tertiary/aromatic N) is 1. The first-order valence-corrected chi connectivity index (χ1v) is 5.73. The molecule has 0 amide bonds. The molecule has 2 rings (SSSR count). The summed E-state index contributed by atoms with van der Waals surface area (Å²) in [5, 5.41) is 15.9. The van der Waals surface area contributed by atoms with Gasteiger partial charge >= 0.3 is 0 Å². The van der Waals surface area contributed by atoms with Crippen molar-refractivity contribution in [3.63, 3.8) is 0 Å². The molecular formula is C8H7N3O4S. The summed E-state index contributed by atoms with van der Waals surface area (Å²) in [5.41, 5.74) is -0.0380. The number of sulfonamides is 1. The molecule has 0 aliphatic heterocycles. The van der Waals surface area contributed by atoms with Crippen molar-refractivity contribution >= 4 is 26.6 Å². The first-order chi connectivity index (χ1) is 7.41. The topological polar surface area (TPSA) is 119 Å². The van der Waals surface area contributed by atoms with Crippen LogP contribution in [0.25, 0.3) is 10.9 Å². The summed E-state index contributed by atoms with van der Waals surface area (Å²) in [5.74, 6) is 0. The van der Waals surface area contributed by atoms with E-state index in [-0.39, 0.29) is 21.5 Å². The molecule has 0 aliphatic rings. The number of hydrogen-bond acceptors (Lipinski definition) is 4. The van der Waals surface area contributed by atoms with E-state index in [9.17, 15) is 18.5 Å². The number of H-pyrrole nitrogens is 1. The minimum absolute atomic E-state index is 0.147. The zero-order chi connectivity index (χ0) is 11.9. The van der Waals surface area contributed by atoms with Crippen molar-refractivity contribution in [1.29, 1.82) is 0 Å². The van der Waals surface area contributed by atoms with Gasteiger partial charge in [0.2, 0.25) is 10.0 Å². The average molecular weight is 241 g/mol. The van der Waals surface area contributed by atoms with Crippen molar-refractivity contribution in [3.8, 4) is 0 Å². The Hall–Kier alpha value is -1.93. The van der Waals surface area contributed by atoms with Gasteiger partial charge in [0, 0.05) is 17.6 Å². The third-order valence-corrected chi connectivity index (χ3v) is 3.11. The number of fused-ring (bicyclic) bond motifs is 1. The number of para-hydroxylation sites is 1. The van der Waals surface area contributed by atoms with E-state index in [2.05, 4.69) is 4.98 Å². The van der Waals surface area contributed by atoms with E-state index < -0.39 is 14.9 Å². The fraction of sp³-hybridized carbons (Fsp3) is 0. The van der Waals surface area contributed by atoms with Crippen LogP contribution in [0, 0.1) is 10.1 Å². The lowest BCUT2D eigenvalue weighted by molar-refractivity contribution is -0.383. The molecule has 0 unspecified atom stereocenters. The molecule has 1 aromatic heterocycles. The lowest BCUT2D eigenvalue weighted by Gasteiger charge is -1.95. The molecule has 8 heteroatoms. The summed E-state index contributed by atoms with van der Waals surface area (Å²) in [7, 11) is -3.88. The molecule has 0 spiro atoms. The highest BCUT2D eigenvalue weighted by atomic mass is 32.2. The van der Waals surface area contributed by atoms with E-state index in [1.54, 1.807) is 0 Å². The highest BCUT2D eigenvalue weighted by molar-refractivity contribution is 7.89. The molecule has 3 N–H and O–H groups in total. The van der Waals surface area contributed by atoms with Crippen LogP contribution in [0.1, 0.15) is 0 Å². The van der Waals surface area contributed by atoms with Crippen LogP contribution in [0.5, 0.6) is 0 Å². The molecule has 0 aliphatic carbocycles. The van der Waals surface area contributed by atoms with Gasteiger partial charge in [-0.2, -0.15) is 0 Å². The second-order valence-corrected chi connectivity index (χ2v) is 4.68. The number of nitro groups is 1. The van der Waals surface area contributed by atoms with Gasteiger partial charge in [0.05, 0.1) is 4.92 Å². The van der Waals surface area contributed by atoms with Crippen LogP contribution in [-0.2, 0) is 10.0 Å². The number of nitrogens with two attached hydrogens (primary N) is 1. The van der Waals surface area contributed by atoms with Crippen LogP contribution in [-0.4, -0.2) is 18.3 Å². The second kappa shape index (κ2) is 3.29. The number of hydrogen-bond donors (Lipinski definition) is 2. The van der Waals surface area contributed by atoms with E-state index in [1.165, 1.54) is 18.2 Å². The number of nitro benzene ring substituents is 1. The fourth-order valence-electron chi connectivity index (χ4n) is 1.50. The van der Waals surface area contributed by atoms with Crippen LogP contribution >= 0.6 is 0 Å². The van der Waals surface area contributed by atoms with Gasteiger partial charge in [0.25, 0.3) is 5.69 Å². The molecular weight excluding hydrogens is 234 g/mol. The van der Waals surface area contributed by atoms with Crippen molar-refractivity contribution in [2.75, 3.05) is 0 Å². The molecule has 1 heterocycles. The third-order valence-electron chi connectivity index (χ3n) is 2.16. The predicted molar refractivity (Wildman–Crippen MR) is 56.3 cm³/mol. The van der Waals surface area contributed by atoms with E-state index in [0.29, 0.717) is 0 Å². The average Bonchev–Trinajstić information content (AvgIpc) is 2.59. The third kappa shape index (κ3) is 1.53. The van der Waals surface area contributed by atoms with Crippen molar-refractivity contribution in [2.24, 2.45) is 5.14 Å². The number of non-ortho nitro benzene ring substituents is 1. The zero-order valence-corrected chi connectivity index (χ0v) is 8.69. The smallest absolute Gasteiger partial charge is 0.293 e. The Balaban J connectivity index is 2.87. The van der Waals surface area contributed by atoms with Crippen LogP contribution in [0.15, 0.2) is 29.3 Å². The Bertz CT molecular complexity index is 674. The highest BCUT2D eigenvalue weighted by Crippen LogP contribution is 2.28. The number of aromatic amines is 1. The van der Waals surface area contributed by atoms with Crippen molar-refractivity contribution in [2.45, 2.75) is 4.90 Å². The first-order valence-electron chi connectivity index (χ1n) is 4.18. The van der Waals surface area contributed by atoms with Crippen LogP contribution in [0.4, 0.5) is 5.69 Å². The summed E-state index contributed by atoms with van der Waals surface area (Å²) in [6, 6.07) is 4.15. The molecule has 2 aromatic rings. The number of primary sulfonamides is 1. The molecule has 0 radical (unpaired) electrons. The summed E-state index contributed by atoms with van der Waals surface area (Å²) < 4.78 is 22.4.